The molecule has 0 radical (unpaired) electrons. The number of benzene rings is 1. The van der Waals surface area contributed by atoms with Crippen molar-refractivity contribution in [1.29, 1.82) is 0 Å². The Morgan fingerprint density at radius 1 is 0.385 bits per heavy atom. The summed E-state index contributed by atoms with van der Waals surface area (Å²) in [7, 11) is -13.4. The number of hydrogen-bond acceptors (Lipinski definition) is 31. The van der Waals surface area contributed by atoms with E-state index in [2.05, 4.69) is 52.3 Å². The summed E-state index contributed by atoms with van der Waals surface area (Å²) in [5.41, 5.74) is -1.14. The molecule has 0 bridgehead atoms. The Morgan fingerprint density at radius 2 is 0.746 bits per heavy atom. The van der Waals surface area contributed by atoms with E-state index in [0.717, 1.165) is 0 Å². The highest BCUT2D eigenvalue weighted by atomic mass is 31.2. The van der Waals surface area contributed by atoms with Gasteiger partial charge in [0.1, 0.15) is 54.9 Å². The second-order valence-electron chi connectivity index (χ2n) is 31.9. The van der Waals surface area contributed by atoms with Crippen molar-refractivity contribution in [3.8, 4) is 5.75 Å². The molecule has 3 saturated heterocycles. The van der Waals surface area contributed by atoms with Gasteiger partial charge >= 0.3 is 28.8 Å². The first kappa shape index (κ1) is 114. The monoisotopic (exact) mass is 1940 g/mol. The quantitative estimate of drug-likeness (QED) is 0.00641. The highest BCUT2D eigenvalue weighted by Crippen LogP contribution is 2.41. The van der Waals surface area contributed by atoms with Gasteiger partial charge in [-0.25, -0.2) is 13.2 Å². The number of amides is 7. The van der Waals surface area contributed by atoms with Crippen LogP contribution < -0.4 is 42.0 Å². The predicted molar refractivity (Wildman–Crippen MR) is 440 cm³/mol. The van der Waals surface area contributed by atoms with E-state index in [0.29, 0.717) is 76.3 Å². The number of carbonyl (C=O) groups is 8. The SMILES string of the molecule is O=C(CCCCO[C@H]1O[C@H](CCP(=O)(O)O)[C@@H](O)[C@H](O)[C@@H]1O)NCCCNC(=O)CCOCCC(COCCC(=O)NCCCNC(=O)CCCCC[C@H]1O[C@H](CCP(=O)(O)O)[C@@H](O)[C@H](O)[C@@H]1O)(COCCC(=O)NCCCNC(=O)CCCCO[C@H]1O[C@H](CCP(=O)(O)O)[C@@H](O)[C@H](O)[C@@H]1O)NC(=O)CCc1cn(CCCCCC(=O)Oc2c(F)c(F)c(F)c(F)c2F)nn1. The van der Waals surface area contributed by atoms with Crippen LogP contribution in [0.5, 0.6) is 5.75 Å². The van der Waals surface area contributed by atoms with Crippen molar-refractivity contribution >= 4 is 70.1 Å². The fraction of sp³-hybridized carbons (Fsp3) is 0.792. The summed E-state index contributed by atoms with van der Waals surface area (Å²) in [4.78, 5) is 159. The molecule has 1 aromatic heterocycles. The van der Waals surface area contributed by atoms with E-state index in [-0.39, 0.29) is 213 Å². The Kier molecular flexibility index (Phi) is 52.1. The number of esters is 1. The van der Waals surface area contributed by atoms with Crippen LogP contribution in [0.3, 0.4) is 0 Å². The molecule has 3 aliphatic heterocycles. The minimum atomic E-state index is -4.47. The number of aliphatic hydroxyl groups is 9. The van der Waals surface area contributed by atoms with E-state index in [1.807, 2.05) is 0 Å². The second-order valence-corrected chi connectivity index (χ2v) is 37.2. The molecule has 0 saturated carbocycles. The van der Waals surface area contributed by atoms with Gasteiger partial charge in [0.2, 0.25) is 76.2 Å². The lowest BCUT2D eigenvalue weighted by Gasteiger charge is -2.41. The molecule has 2 aromatic rings. The second kappa shape index (κ2) is 59.4. The van der Waals surface area contributed by atoms with Crippen molar-refractivity contribution in [2.45, 2.75) is 277 Å². The van der Waals surface area contributed by atoms with Crippen LogP contribution in [0.15, 0.2) is 6.20 Å². The topological polar surface area (TPSA) is 689 Å². The number of ether oxygens (including phenoxy) is 9. The molecule has 5 rings (SSSR count). The Morgan fingerprint density at radius 3 is 1.17 bits per heavy atom. The zero-order valence-electron chi connectivity index (χ0n) is 72.0. The minimum absolute atomic E-state index is 0.00763. The summed E-state index contributed by atoms with van der Waals surface area (Å²) in [5, 5.41) is 120. The number of aromatic nitrogens is 3. The van der Waals surface area contributed by atoms with Crippen molar-refractivity contribution in [3.63, 3.8) is 0 Å². The number of nitrogens with zero attached hydrogens (tertiary/aromatic N) is 3. The summed E-state index contributed by atoms with van der Waals surface area (Å²) in [6.45, 7) is -0.314. The highest BCUT2D eigenvalue weighted by Gasteiger charge is 2.48. The standard InChI is InChI=1S/C77H128F5N10O35P3/c78-60-61(79)63(81)74(64(82)62(60)80)127-59(100)18-5-2-8-34-92-44-47(90-91-92)19-20-58(99)89-77(45-120-38-22-56(97)87-32-11-28-83-52(93)15-4-1-3-14-48-65(101)69(105)66(102)49(124-48)24-41-128(110,111)112,46-121-39-23-57(98)88-33-13-30-85-54(95)17-7-10-36-123-76-73(109)71(107)68(104)51(126-76)26-43-130(116,117)118)27-40-119-37-21-55(96)86-31-12-29-84-53(94)16-6-9-35-122-75-72(108)70(106)67(103)50(125-75)25-42-129(113,114)115/h44,48-51,65-73,75-76,101-109H,1-43,45-46H2,(H,83,93)(H,84,94)(H,85,95)(H,86,96)(H,87,97)(H,88,98)(H,89,99)(H2,110,111,112)(H2,113,114,115)(H2,116,117,118)/t48-,49-,50-,51-,65-,66-,67-,68-,69-,70+,71+,72+,73+,75+,76+,77?/m1/s1. The average Bonchev–Trinajstić information content (AvgIpc) is 0.828. The van der Waals surface area contributed by atoms with Gasteiger partial charge in [0.15, 0.2) is 12.6 Å². The third-order valence-electron chi connectivity index (χ3n) is 21.0. The third kappa shape index (κ3) is 44.4. The van der Waals surface area contributed by atoms with Gasteiger partial charge in [0.05, 0.1) is 87.2 Å². The normalized spacial score (nSPS) is 23.0. The van der Waals surface area contributed by atoms with E-state index in [9.17, 15) is 149 Å². The molecule has 7 amide bonds. The summed E-state index contributed by atoms with van der Waals surface area (Å²) in [6.07, 6.45) is -19.8. The van der Waals surface area contributed by atoms with Crippen LogP contribution in [0, 0.1) is 29.1 Å². The van der Waals surface area contributed by atoms with Crippen LogP contribution in [0.4, 0.5) is 22.0 Å². The van der Waals surface area contributed by atoms with Gasteiger partial charge < -0.3 is 155 Å². The molecule has 746 valence electrons. The maximum absolute atomic E-state index is 14.2. The summed E-state index contributed by atoms with van der Waals surface area (Å²) in [5.74, 6) is -17.5. The number of rotatable bonds is 66. The largest absolute Gasteiger partial charge is 0.420 e. The average molecular weight is 1940 g/mol. The van der Waals surface area contributed by atoms with Crippen LogP contribution in [0.1, 0.15) is 173 Å². The van der Waals surface area contributed by atoms with Gasteiger partial charge in [0.25, 0.3) is 0 Å². The molecule has 22 N–H and O–H groups in total. The molecule has 4 heterocycles. The predicted octanol–water partition coefficient (Wildman–Crippen LogP) is -2.10. The zero-order valence-corrected chi connectivity index (χ0v) is 74.7. The van der Waals surface area contributed by atoms with Gasteiger partial charge in [-0.15, -0.1) is 5.10 Å². The molecule has 0 aliphatic carbocycles. The van der Waals surface area contributed by atoms with Crippen molar-refractivity contribution in [2.24, 2.45) is 0 Å². The Balaban J connectivity index is 1.14. The molecule has 130 heavy (non-hydrogen) atoms. The molecule has 3 fully saturated rings. The Hall–Kier alpha value is -6.46. The van der Waals surface area contributed by atoms with Gasteiger partial charge in [-0.3, -0.25) is 56.7 Å². The number of halogens is 5. The van der Waals surface area contributed by atoms with E-state index >= 15 is 0 Å². The number of unbranched alkanes of at least 4 members (excludes halogenated alkanes) is 6. The molecule has 45 nitrogen and oxygen atoms in total. The summed E-state index contributed by atoms with van der Waals surface area (Å²) in [6, 6.07) is 0. The van der Waals surface area contributed by atoms with Crippen molar-refractivity contribution in [2.75, 3.05) is 111 Å². The molecule has 1 unspecified atom stereocenters. The van der Waals surface area contributed by atoms with Crippen molar-refractivity contribution in [3.05, 3.63) is 41.0 Å². The van der Waals surface area contributed by atoms with Gasteiger partial charge in [-0.2, -0.15) is 8.78 Å². The lowest BCUT2D eigenvalue weighted by Crippen LogP contribution is -2.58. The maximum Gasteiger partial charge on any atom is 0.325 e. The molecule has 1 aromatic carbocycles. The molecular formula is C77H128F5N10O35P3. The van der Waals surface area contributed by atoms with Gasteiger partial charge in [0, 0.05) is 130 Å². The lowest BCUT2D eigenvalue weighted by molar-refractivity contribution is -0.297. The third-order valence-corrected chi connectivity index (χ3v) is 23.5. The lowest BCUT2D eigenvalue weighted by atomic mass is 9.91. The van der Waals surface area contributed by atoms with Gasteiger partial charge in [-0.05, 0) is 96.3 Å². The summed E-state index contributed by atoms with van der Waals surface area (Å²) < 4.78 is 155. The first-order valence-corrected chi connectivity index (χ1v) is 48.6. The van der Waals surface area contributed by atoms with Crippen LogP contribution in [0.2, 0.25) is 0 Å². The molecule has 16 atom stereocenters. The number of nitrogens with one attached hydrogen (secondary N) is 7. The van der Waals surface area contributed by atoms with Crippen LogP contribution >= 0.6 is 22.8 Å². The first-order valence-electron chi connectivity index (χ1n) is 43.2. The molecule has 3 aliphatic rings. The first-order chi connectivity index (χ1) is 61.5. The fourth-order valence-electron chi connectivity index (χ4n) is 13.6. The minimum Gasteiger partial charge on any atom is -0.420 e. The van der Waals surface area contributed by atoms with Crippen LogP contribution in [-0.2, 0) is 103 Å². The molecule has 0 spiro atoms. The smallest absolute Gasteiger partial charge is 0.325 e. The number of aryl methyl sites for hydroxylation is 2. The van der Waals surface area contributed by atoms with Gasteiger partial charge in [-0.1, -0.05) is 24.5 Å². The zero-order chi connectivity index (χ0) is 96.2. The number of carbonyl (C=O) groups excluding carboxylic acids is 8. The van der Waals surface area contributed by atoms with Crippen molar-refractivity contribution < 1.29 is 192 Å². The Labute approximate surface area is 746 Å². The fourth-order valence-corrected chi connectivity index (χ4v) is 15.3. The van der Waals surface area contributed by atoms with Crippen molar-refractivity contribution in [1.82, 2.24) is 52.2 Å². The maximum atomic E-state index is 14.2. The molecule has 53 heteroatoms. The van der Waals surface area contributed by atoms with E-state index < -0.39 is 210 Å². The van der Waals surface area contributed by atoms with E-state index in [1.165, 1.54) is 10.9 Å². The van der Waals surface area contributed by atoms with Crippen LogP contribution in [-0.4, -0.2) is 346 Å². The summed E-state index contributed by atoms with van der Waals surface area (Å²) >= 11 is 0. The highest BCUT2D eigenvalue weighted by molar-refractivity contribution is 7.52. The molecular weight excluding hydrogens is 1810 g/mol. The van der Waals surface area contributed by atoms with Crippen LogP contribution in [0.25, 0.3) is 0 Å². The number of aliphatic hydroxyl groups excluding tert-OH is 9. The Bertz CT molecular complexity index is 3800. The van der Waals surface area contributed by atoms with E-state index in [4.69, 9.17) is 37.9 Å². The van der Waals surface area contributed by atoms with E-state index in [1.54, 1.807) is 0 Å². The number of hydrogen-bond donors (Lipinski definition) is 22.